The molecule has 0 aliphatic rings. The second-order valence-corrected chi connectivity index (χ2v) is 12.7. The summed E-state index contributed by atoms with van der Waals surface area (Å²) in [7, 11) is 0. The van der Waals surface area contributed by atoms with Crippen LogP contribution in [0, 0.1) is 16.2 Å². The molecule has 1 aromatic rings. The highest BCUT2D eigenvalue weighted by atomic mass is 16.6. The predicted octanol–water partition coefficient (Wildman–Crippen LogP) is 0.787. The number of carbonyl (C=O) groups excluding carboxylic acids is 7. The number of alkyl carbamates (subject to hydrolysis) is 1. The van der Waals surface area contributed by atoms with Crippen LogP contribution in [0.1, 0.15) is 67.9 Å². The van der Waals surface area contributed by atoms with Crippen LogP contribution in [0.3, 0.4) is 0 Å². The van der Waals surface area contributed by atoms with Crippen LogP contribution in [-0.2, 0) is 44.8 Å². The Morgan fingerprint density at radius 2 is 0.889 bits per heavy atom. The van der Waals surface area contributed by atoms with Gasteiger partial charge in [0, 0.05) is 0 Å². The van der Waals surface area contributed by atoms with E-state index < -0.39 is 70.1 Å². The Labute approximate surface area is 263 Å². The average molecular weight is 635 g/mol. The summed E-state index contributed by atoms with van der Waals surface area (Å²) in [6, 6.07) is 8.96. The molecule has 0 spiro atoms. The van der Waals surface area contributed by atoms with Gasteiger partial charge >= 0.3 is 12.1 Å². The molecule has 250 valence electrons. The lowest BCUT2D eigenvalue weighted by atomic mass is 9.90. The molecular formula is C30H46N6O9. The molecule has 0 atom stereocenters. The van der Waals surface area contributed by atoms with Gasteiger partial charge < -0.3 is 41.4 Å². The van der Waals surface area contributed by atoms with Gasteiger partial charge in [-0.25, -0.2) is 4.79 Å². The van der Waals surface area contributed by atoms with Gasteiger partial charge in [-0.2, -0.15) is 0 Å². The first-order chi connectivity index (χ1) is 20.6. The Balaban J connectivity index is 2.50. The zero-order valence-electron chi connectivity index (χ0n) is 27.4. The van der Waals surface area contributed by atoms with Gasteiger partial charge in [-0.1, -0.05) is 30.3 Å². The fourth-order valence-electron chi connectivity index (χ4n) is 3.23. The highest BCUT2D eigenvalue weighted by Gasteiger charge is 2.40. The van der Waals surface area contributed by atoms with Gasteiger partial charge in [-0.15, -0.1) is 0 Å². The maximum absolute atomic E-state index is 12.7. The topological polar surface area (TPSA) is 210 Å². The van der Waals surface area contributed by atoms with Gasteiger partial charge in [0.05, 0.1) is 20.0 Å². The number of nitrogens with one attached hydrogen (secondary N) is 6. The minimum atomic E-state index is -1.63. The van der Waals surface area contributed by atoms with Crippen molar-refractivity contribution in [2.45, 2.75) is 74.5 Å². The average Bonchev–Trinajstić information content (AvgIpc) is 2.94. The van der Waals surface area contributed by atoms with E-state index >= 15 is 0 Å². The lowest BCUT2D eigenvalue weighted by molar-refractivity contribution is -0.160. The second kappa shape index (κ2) is 15.9. The van der Waals surface area contributed by atoms with Crippen LogP contribution in [0.4, 0.5) is 4.79 Å². The van der Waals surface area contributed by atoms with E-state index in [9.17, 15) is 33.6 Å². The molecule has 0 aromatic heterocycles. The number of rotatable bonds is 14. The maximum atomic E-state index is 12.7. The van der Waals surface area contributed by atoms with Gasteiger partial charge in [0.15, 0.2) is 0 Å². The number of esters is 1. The van der Waals surface area contributed by atoms with Crippen molar-refractivity contribution in [2.24, 2.45) is 16.2 Å². The Bertz CT molecular complexity index is 1250. The lowest BCUT2D eigenvalue weighted by Gasteiger charge is -2.26. The van der Waals surface area contributed by atoms with Crippen LogP contribution in [0.2, 0.25) is 0 Å². The Morgan fingerprint density at radius 1 is 0.533 bits per heavy atom. The molecule has 0 heterocycles. The first kappa shape index (κ1) is 38.3. The number of hydrogen-bond acceptors (Lipinski definition) is 9. The summed E-state index contributed by atoms with van der Waals surface area (Å²) >= 11 is 0. The fraction of sp³-hybridized carbons (Fsp3) is 0.567. The van der Waals surface area contributed by atoms with Crippen LogP contribution >= 0.6 is 0 Å². The molecule has 1 aromatic carbocycles. The third-order valence-corrected chi connectivity index (χ3v) is 6.44. The van der Waals surface area contributed by atoms with Gasteiger partial charge in [-0.05, 0) is 67.9 Å². The first-order valence-electron chi connectivity index (χ1n) is 14.2. The Kier molecular flexibility index (Phi) is 13.5. The van der Waals surface area contributed by atoms with E-state index in [1.807, 2.05) is 6.07 Å². The highest BCUT2D eigenvalue weighted by molar-refractivity contribution is 6.06. The molecule has 15 heteroatoms. The third kappa shape index (κ3) is 12.1. The van der Waals surface area contributed by atoms with Crippen molar-refractivity contribution in [1.29, 1.82) is 0 Å². The summed E-state index contributed by atoms with van der Waals surface area (Å²) < 4.78 is 10.3. The molecule has 0 radical (unpaired) electrons. The molecule has 6 amide bonds. The van der Waals surface area contributed by atoms with Crippen molar-refractivity contribution >= 4 is 41.6 Å². The second-order valence-electron chi connectivity index (χ2n) is 12.7. The summed E-state index contributed by atoms with van der Waals surface area (Å²) in [4.78, 5) is 87.3. The van der Waals surface area contributed by atoms with Crippen LogP contribution in [-0.4, -0.2) is 67.2 Å². The van der Waals surface area contributed by atoms with Gasteiger partial charge in [0.1, 0.15) is 28.5 Å². The monoisotopic (exact) mass is 634 g/mol. The lowest BCUT2D eigenvalue weighted by Crippen LogP contribution is -2.55. The fourth-order valence-corrected chi connectivity index (χ4v) is 3.23. The minimum absolute atomic E-state index is 0.00506. The van der Waals surface area contributed by atoms with E-state index in [0.717, 1.165) is 5.56 Å². The van der Waals surface area contributed by atoms with Crippen LogP contribution in [0.5, 0.6) is 0 Å². The van der Waals surface area contributed by atoms with Crippen molar-refractivity contribution in [1.82, 2.24) is 31.9 Å². The summed E-state index contributed by atoms with van der Waals surface area (Å²) in [5.74, 6) is -4.37. The number of ether oxygens (including phenoxy) is 2. The number of benzene rings is 1. The molecule has 0 saturated carbocycles. The van der Waals surface area contributed by atoms with Crippen molar-refractivity contribution < 1.29 is 43.0 Å². The van der Waals surface area contributed by atoms with E-state index in [1.54, 1.807) is 45.0 Å². The maximum Gasteiger partial charge on any atom is 0.409 e. The summed E-state index contributed by atoms with van der Waals surface area (Å²) in [5, 5.41) is 14.4. The van der Waals surface area contributed by atoms with Gasteiger partial charge in [0.2, 0.25) is 29.5 Å². The molecule has 1 rings (SSSR count). The largest absolute Gasteiger partial charge is 0.460 e. The summed E-state index contributed by atoms with van der Waals surface area (Å²) in [6.45, 7) is 12.1. The van der Waals surface area contributed by atoms with E-state index in [4.69, 9.17) is 9.47 Å². The standard InChI is InChI=1S/C30H46N6O9/c1-27(2,3)45-26(43)36-18-35-23(40)29(6,7)22(39)32-16-31-20(37)28(4,5)21(38)33-17-34-24(41)30(8,9)25(42)44-15-19-13-11-10-12-14-19/h10-14H,15-18H2,1-9H3,(H,31,37)(H,32,39)(H,33,38)(H,34,41)(H,35,40)(H,36,43). The van der Waals surface area contributed by atoms with Crippen molar-refractivity contribution in [3.8, 4) is 0 Å². The SMILES string of the molecule is CC(C)(C)OC(=O)NCNC(=O)C(C)(C)C(=O)NCNC(=O)C(C)(C)C(=O)NCNC(=O)C(C)(C)C(=O)OCc1ccccc1. The number of hydrogen-bond donors (Lipinski definition) is 6. The van der Waals surface area contributed by atoms with E-state index in [2.05, 4.69) is 31.9 Å². The smallest absolute Gasteiger partial charge is 0.409 e. The Morgan fingerprint density at radius 3 is 1.27 bits per heavy atom. The van der Waals surface area contributed by atoms with Crippen LogP contribution in [0.25, 0.3) is 0 Å². The molecule has 6 N–H and O–H groups in total. The number of amides is 6. The summed E-state index contributed by atoms with van der Waals surface area (Å²) in [6.07, 6.45) is -0.745. The molecule has 0 aliphatic heterocycles. The van der Waals surface area contributed by atoms with E-state index in [1.165, 1.54) is 41.5 Å². The van der Waals surface area contributed by atoms with Crippen LogP contribution < -0.4 is 31.9 Å². The molecule has 0 saturated heterocycles. The molecule has 0 aliphatic carbocycles. The molecular weight excluding hydrogens is 588 g/mol. The van der Waals surface area contributed by atoms with Crippen molar-refractivity contribution in [3.05, 3.63) is 35.9 Å². The molecule has 45 heavy (non-hydrogen) atoms. The third-order valence-electron chi connectivity index (χ3n) is 6.44. The van der Waals surface area contributed by atoms with Crippen molar-refractivity contribution in [2.75, 3.05) is 20.0 Å². The molecule has 15 nitrogen and oxygen atoms in total. The zero-order chi connectivity index (χ0) is 34.6. The number of carbonyl (C=O) groups is 7. The minimum Gasteiger partial charge on any atom is -0.460 e. The van der Waals surface area contributed by atoms with Crippen molar-refractivity contribution in [3.63, 3.8) is 0 Å². The molecule has 0 bridgehead atoms. The van der Waals surface area contributed by atoms with E-state index in [0.29, 0.717) is 0 Å². The normalized spacial score (nSPS) is 11.8. The Hall–Kier alpha value is -4.69. The summed E-state index contributed by atoms with van der Waals surface area (Å²) in [5.41, 5.74) is -4.72. The first-order valence-corrected chi connectivity index (χ1v) is 14.2. The van der Waals surface area contributed by atoms with Crippen LogP contribution in [0.15, 0.2) is 30.3 Å². The van der Waals surface area contributed by atoms with Gasteiger partial charge in [-0.3, -0.25) is 28.8 Å². The predicted molar refractivity (Wildman–Crippen MR) is 162 cm³/mol. The zero-order valence-corrected chi connectivity index (χ0v) is 27.4. The molecule has 0 unspecified atom stereocenters. The molecule has 0 fully saturated rings. The quantitative estimate of drug-likeness (QED) is 0.0969. The van der Waals surface area contributed by atoms with Gasteiger partial charge in [0.25, 0.3) is 0 Å². The van der Waals surface area contributed by atoms with E-state index in [-0.39, 0.29) is 19.9 Å². The highest BCUT2D eigenvalue weighted by Crippen LogP contribution is 2.19.